The SMILES string of the molecule is CC1(Cc2cccs2)NCCc2occc21. The Balaban J connectivity index is 1.95. The second-order valence-electron chi connectivity index (χ2n) is 4.52. The minimum absolute atomic E-state index is 0.0332. The largest absolute Gasteiger partial charge is 0.469 e. The van der Waals surface area contributed by atoms with Crippen LogP contribution in [0.4, 0.5) is 0 Å². The second-order valence-corrected chi connectivity index (χ2v) is 5.55. The topological polar surface area (TPSA) is 25.2 Å². The molecule has 0 radical (unpaired) electrons. The minimum atomic E-state index is 0.0332. The molecule has 0 amide bonds. The van der Waals surface area contributed by atoms with Gasteiger partial charge < -0.3 is 9.73 Å². The molecule has 1 N–H and O–H groups in total. The van der Waals surface area contributed by atoms with E-state index in [4.69, 9.17) is 4.42 Å². The van der Waals surface area contributed by atoms with E-state index in [0.29, 0.717) is 0 Å². The van der Waals surface area contributed by atoms with Gasteiger partial charge in [0.1, 0.15) is 5.76 Å². The van der Waals surface area contributed by atoms with Gasteiger partial charge in [-0.25, -0.2) is 0 Å². The molecule has 0 saturated heterocycles. The van der Waals surface area contributed by atoms with Crippen molar-refractivity contribution in [3.63, 3.8) is 0 Å². The summed E-state index contributed by atoms with van der Waals surface area (Å²) >= 11 is 1.82. The summed E-state index contributed by atoms with van der Waals surface area (Å²) in [7, 11) is 0. The Bertz CT molecular complexity index is 474. The van der Waals surface area contributed by atoms with Crippen LogP contribution in [0.3, 0.4) is 0 Å². The average molecular weight is 233 g/mol. The molecule has 0 spiro atoms. The van der Waals surface area contributed by atoms with Crippen molar-refractivity contribution in [2.75, 3.05) is 6.54 Å². The smallest absolute Gasteiger partial charge is 0.110 e. The first-order valence-corrected chi connectivity index (χ1v) is 6.50. The van der Waals surface area contributed by atoms with E-state index >= 15 is 0 Å². The predicted octanol–water partition coefficient (Wildman–Crippen LogP) is 2.94. The number of hydrogen-bond acceptors (Lipinski definition) is 3. The summed E-state index contributed by atoms with van der Waals surface area (Å²) in [4.78, 5) is 1.42. The van der Waals surface area contributed by atoms with Crippen LogP contribution in [0.15, 0.2) is 34.3 Å². The molecule has 1 unspecified atom stereocenters. The Morgan fingerprint density at radius 1 is 1.50 bits per heavy atom. The van der Waals surface area contributed by atoms with Crippen molar-refractivity contribution in [3.8, 4) is 0 Å². The molecule has 0 fully saturated rings. The lowest BCUT2D eigenvalue weighted by Crippen LogP contribution is -2.45. The van der Waals surface area contributed by atoms with E-state index in [1.807, 2.05) is 17.6 Å². The summed E-state index contributed by atoms with van der Waals surface area (Å²) in [6.07, 6.45) is 3.85. The van der Waals surface area contributed by atoms with Gasteiger partial charge in [-0.15, -0.1) is 11.3 Å². The van der Waals surface area contributed by atoms with Gasteiger partial charge in [0.15, 0.2) is 0 Å². The van der Waals surface area contributed by atoms with E-state index in [0.717, 1.165) is 25.1 Å². The molecule has 3 heterocycles. The highest BCUT2D eigenvalue weighted by atomic mass is 32.1. The van der Waals surface area contributed by atoms with Crippen LogP contribution in [0.5, 0.6) is 0 Å². The van der Waals surface area contributed by atoms with Crippen molar-refractivity contribution in [2.45, 2.75) is 25.3 Å². The van der Waals surface area contributed by atoms with Crippen LogP contribution >= 0.6 is 11.3 Å². The van der Waals surface area contributed by atoms with Crippen LogP contribution in [0, 0.1) is 0 Å². The molecule has 0 aliphatic carbocycles. The maximum atomic E-state index is 5.53. The van der Waals surface area contributed by atoms with Crippen LogP contribution in [0.1, 0.15) is 23.1 Å². The third kappa shape index (κ3) is 1.60. The zero-order valence-electron chi connectivity index (χ0n) is 9.32. The third-order valence-corrected chi connectivity index (χ3v) is 4.19. The zero-order chi connectivity index (χ0) is 11.0. The van der Waals surface area contributed by atoms with Crippen molar-refractivity contribution in [3.05, 3.63) is 46.0 Å². The summed E-state index contributed by atoms with van der Waals surface area (Å²) in [6.45, 7) is 3.27. The molecule has 16 heavy (non-hydrogen) atoms. The molecular formula is C13H15NOS. The quantitative estimate of drug-likeness (QED) is 0.862. The van der Waals surface area contributed by atoms with Crippen LogP contribution in [0.25, 0.3) is 0 Å². The summed E-state index contributed by atoms with van der Waals surface area (Å²) in [6, 6.07) is 6.42. The highest BCUT2D eigenvalue weighted by Gasteiger charge is 2.33. The standard InChI is InChI=1S/C13H15NOS/c1-13(9-10-3-2-8-16-10)11-5-7-15-12(11)4-6-14-13/h2-3,5,7-8,14H,4,6,9H2,1H3. The normalized spacial score (nSPS) is 24.3. The molecule has 1 atom stereocenters. The summed E-state index contributed by atoms with van der Waals surface area (Å²) < 4.78 is 5.53. The highest BCUT2D eigenvalue weighted by Crippen LogP contribution is 2.33. The lowest BCUT2D eigenvalue weighted by molar-refractivity contribution is 0.325. The molecular weight excluding hydrogens is 218 g/mol. The Hall–Kier alpha value is -1.06. The van der Waals surface area contributed by atoms with Crippen molar-refractivity contribution < 1.29 is 4.42 Å². The highest BCUT2D eigenvalue weighted by molar-refractivity contribution is 7.09. The van der Waals surface area contributed by atoms with Crippen molar-refractivity contribution in [2.24, 2.45) is 0 Å². The maximum absolute atomic E-state index is 5.53. The number of furan rings is 1. The summed E-state index contributed by atoms with van der Waals surface area (Å²) in [5.41, 5.74) is 1.36. The minimum Gasteiger partial charge on any atom is -0.469 e. The van der Waals surface area contributed by atoms with E-state index in [2.05, 4.69) is 35.8 Å². The third-order valence-electron chi connectivity index (χ3n) is 3.31. The summed E-state index contributed by atoms with van der Waals surface area (Å²) in [5.74, 6) is 1.15. The van der Waals surface area contributed by atoms with Crippen molar-refractivity contribution in [1.29, 1.82) is 0 Å². The first-order valence-electron chi connectivity index (χ1n) is 5.62. The van der Waals surface area contributed by atoms with Crippen LogP contribution in [0.2, 0.25) is 0 Å². The van der Waals surface area contributed by atoms with Gasteiger partial charge >= 0.3 is 0 Å². The van der Waals surface area contributed by atoms with E-state index < -0.39 is 0 Å². The number of fused-ring (bicyclic) bond motifs is 1. The number of rotatable bonds is 2. The van der Waals surface area contributed by atoms with Crippen molar-refractivity contribution >= 4 is 11.3 Å². The fourth-order valence-corrected chi connectivity index (χ4v) is 3.35. The Morgan fingerprint density at radius 3 is 3.25 bits per heavy atom. The van der Waals surface area contributed by atoms with Gasteiger partial charge in [-0.3, -0.25) is 0 Å². The van der Waals surface area contributed by atoms with Crippen LogP contribution in [-0.2, 0) is 18.4 Å². The Morgan fingerprint density at radius 2 is 2.44 bits per heavy atom. The molecule has 3 rings (SSSR count). The first-order chi connectivity index (χ1) is 7.78. The van der Waals surface area contributed by atoms with Gasteiger partial charge in [0.25, 0.3) is 0 Å². The number of hydrogen-bond donors (Lipinski definition) is 1. The molecule has 2 nitrogen and oxygen atoms in total. The molecule has 0 aromatic carbocycles. The van der Waals surface area contributed by atoms with Crippen LogP contribution < -0.4 is 5.32 Å². The van der Waals surface area contributed by atoms with Gasteiger partial charge in [0, 0.05) is 35.4 Å². The van der Waals surface area contributed by atoms with Gasteiger partial charge in [-0.05, 0) is 24.4 Å². The molecule has 1 aliphatic rings. The van der Waals surface area contributed by atoms with E-state index in [1.54, 1.807) is 0 Å². The molecule has 0 bridgehead atoms. The second kappa shape index (κ2) is 3.75. The lowest BCUT2D eigenvalue weighted by atomic mass is 9.85. The molecule has 84 valence electrons. The van der Waals surface area contributed by atoms with Gasteiger partial charge in [0.2, 0.25) is 0 Å². The fraction of sp³-hybridized carbons (Fsp3) is 0.385. The van der Waals surface area contributed by atoms with E-state index in [1.165, 1.54) is 10.4 Å². The Kier molecular flexibility index (Phi) is 2.37. The maximum Gasteiger partial charge on any atom is 0.110 e. The molecule has 2 aromatic heterocycles. The van der Waals surface area contributed by atoms with E-state index in [9.17, 15) is 0 Å². The molecule has 1 aliphatic heterocycles. The van der Waals surface area contributed by atoms with Gasteiger partial charge in [0.05, 0.1) is 6.26 Å². The fourth-order valence-electron chi connectivity index (χ4n) is 2.49. The number of nitrogens with one attached hydrogen (secondary N) is 1. The van der Waals surface area contributed by atoms with Gasteiger partial charge in [-0.1, -0.05) is 6.07 Å². The molecule has 3 heteroatoms. The van der Waals surface area contributed by atoms with E-state index in [-0.39, 0.29) is 5.54 Å². The first kappa shape index (κ1) is 10.1. The van der Waals surface area contributed by atoms with Gasteiger partial charge in [-0.2, -0.15) is 0 Å². The van der Waals surface area contributed by atoms with Crippen LogP contribution in [-0.4, -0.2) is 6.54 Å². The lowest BCUT2D eigenvalue weighted by Gasteiger charge is -2.34. The summed E-state index contributed by atoms with van der Waals surface area (Å²) in [5, 5.41) is 5.76. The monoisotopic (exact) mass is 233 g/mol. The Labute approximate surface area is 99.3 Å². The molecule has 0 saturated carbocycles. The predicted molar refractivity (Wildman–Crippen MR) is 65.8 cm³/mol. The average Bonchev–Trinajstić information content (AvgIpc) is 2.88. The zero-order valence-corrected chi connectivity index (χ0v) is 10.1. The molecule has 2 aromatic rings. The van der Waals surface area contributed by atoms with Crippen molar-refractivity contribution in [1.82, 2.24) is 5.32 Å². The number of thiophene rings is 1.